The van der Waals surface area contributed by atoms with Crippen molar-refractivity contribution in [3.05, 3.63) is 30.4 Å². The fourth-order valence-corrected chi connectivity index (χ4v) is 5.04. The first-order chi connectivity index (χ1) is 11.9. The third-order valence-electron chi connectivity index (χ3n) is 5.57. The maximum absolute atomic E-state index is 12.8. The third-order valence-corrected chi connectivity index (χ3v) is 6.54. The number of nitrogens with zero attached hydrogens (tertiary/aromatic N) is 2. The highest BCUT2D eigenvalue weighted by atomic mass is 32.2. The molecule has 2 fully saturated rings. The zero-order valence-electron chi connectivity index (χ0n) is 14.8. The van der Waals surface area contributed by atoms with E-state index in [9.17, 15) is 9.35 Å². The molecular formula is C18H24N4O2S. The first kappa shape index (κ1) is 16.9. The van der Waals surface area contributed by atoms with Crippen LogP contribution < -0.4 is 10.6 Å². The minimum atomic E-state index is -1.09. The van der Waals surface area contributed by atoms with Gasteiger partial charge in [0, 0.05) is 12.1 Å². The van der Waals surface area contributed by atoms with Crippen LogP contribution in [0.4, 0.5) is 0 Å². The number of pyridine rings is 1. The molecule has 134 valence electrons. The number of piperidine rings is 2. The maximum Gasteiger partial charge on any atom is 0.224 e. The van der Waals surface area contributed by atoms with Gasteiger partial charge in [-0.05, 0) is 68.5 Å². The number of nitrogens with one attached hydrogen (secondary N) is 2. The van der Waals surface area contributed by atoms with Crippen molar-refractivity contribution in [2.45, 2.75) is 30.7 Å². The smallest absolute Gasteiger partial charge is 0.224 e. The number of fused-ring (bicyclic) bond motifs is 3. The number of carbonyl (C=O) groups is 1. The first-order valence-corrected chi connectivity index (χ1v) is 10.3. The molecule has 1 amide bonds. The van der Waals surface area contributed by atoms with Crippen LogP contribution in [0.1, 0.15) is 26.1 Å². The Hall–Kier alpha value is -1.57. The van der Waals surface area contributed by atoms with E-state index in [0.717, 1.165) is 35.7 Å². The Morgan fingerprint density at radius 2 is 2.16 bits per heavy atom. The summed E-state index contributed by atoms with van der Waals surface area (Å²) >= 11 is -1.09. The topological polar surface area (TPSA) is 81.5 Å². The normalized spacial score (nSPS) is 27.0. The third kappa shape index (κ3) is 2.74. The number of amides is 1. The summed E-state index contributed by atoms with van der Waals surface area (Å²) in [6, 6.07) is 3.72. The van der Waals surface area contributed by atoms with Crippen LogP contribution in [0.2, 0.25) is 0 Å². The molecule has 1 aliphatic heterocycles. The molecule has 2 aromatic heterocycles. The van der Waals surface area contributed by atoms with E-state index in [-0.39, 0.29) is 11.8 Å². The van der Waals surface area contributed by atoms with Crippen molar-refractivity contribution in [2.75, 3.05) is 19.3 Å². The van der Waals surface area contributed by atoms with E-state index in [2.05, 4.69) is 15.6 Å². The molecule has 1 saturated carbocycles. The highest BCUT2D eigenvalue weighted by Crippen LogP contribution is 2.43. The van der Waals surface area contributed by atoms with Gasteiger partial charge in [0.25, 0.3) is 0 Å². The molecule has 2 N–H and O–H groups in total. The molecule has 1 saturated heterocycles. The van der Waals surface area contributed by atoms with Crippen LogP contribution >= 0.6 is 0 Å². The Bertz CT molecular complexity index is 803. The van der Waals surface area contributed by atoms with Crippen molar-refractivity contribution in [3.8, 4) is 0 Å². The number of imidazole rings is 1. The largest absolute Gasteiger partial charge is 0.612 e. The predicted molar refractivity (Wildman–Crippen MR) is 96.6 cm³/mol. The van der Waals surface area contributed by atoms with Crippen LogP contribution in [-0.4, -0.2) is 39.2 Å². The molecule has 2 bridgehead atoms. The summed E-state index contributed by atoms with van der Waals surface area (Å²) in [5.74, 6) is 1.91. The van der Waals surface area contributed by atoms with Gasteiger partial charge in [0.15, 0.2) is 4.90 Å². The molecule has 4 rings (SSSR count). The number of hydrogen-bond acceptors (Lipinski definition) is 4. The van der Waals surface area contributed by atoms with Crippen LogP contribution in [0.5, 0.6) is 0 Å². The second kappa shape index (κ2) is 6.00. The van der Waals surface area contributed by atoms with Gasteiger partial charge in [-0.1, -0.05) is 0 Å². The van der Waals surface area contributed by atoms with E-state index >= 15 is 0 Å². The summed E-state index contributed by atoms with van der Waals surface area (Å²) in [7, 11) is 0. The fourth-order valence-electron chi connectivity index (χ4n) is 4.32. The Kier molecular flexibility index (Phi) is 4.05. The van der Waals surface area contributed by atoms with E-state index in [1.807, 2.05) is 36.6 Å². The minimum absolute atomic E-state index is 0.116. The van der Waals surface area contributed by atoms with E-state index in [1.54, 1.807) is 12.5 Å². The van der Waals surface area contributed by atoms with Gasteiger partial charge >= 0.3 is 0 Å². The van der Waals surface area contributed by atoms with Gasteiger partial charge < -0.3 is 15.2 Å². The van der Waals surface area contributed by atoms with Gasteiger partial charge in [-0.25, -0.2) is 4.98 Å². The lowest BCUT2D eigenvalue weighted by atomic mass is 9.61. The van der Waals surface area contributed by atoms with Crippen molar-refractivity contribution < 1.29 is 9.35 Å². The summed E-state index contributed by atoms with van der Waals surface area (Å²) in [5.41, 5.74) is 0.222. The van der Waals surface area contributed by atoms with Crippen molar-refractivity contribution in [2.24, 2.45) is 17.8 Å². The van der Waals surface area contributed by atoms with E-state index < -0.39 is 16.7 Å². The molecule has 3 heterocycles. The van der Waals surface area contributed by atoms with Crippen molar-refractivity contribution in [3.63, 3.8) is 0 Å². The molecule has 0 radical (unpaired) electrons. The van der Waals surface area contributed by atoms with Gasteiger partial charge in [0.2, 0.25) is 5.91 Å². The molecule has 2 aliphatic rings. The zero-order valence-corrected chi connectivity index (χ0v) is 15.6. The van der Waals surface area contributed by atoms with Crippen molar-refractivity contribution in [1.29, 1.82) is 0 Å². The summed E-state index contributed by atoms with van der Waals surface area (Å²) in [6.07, 6.45) is 6.47. The number of aromatic nitrogens is 2. The molecular weight excluding hydrogens is 336 g/mol. The average molecular weight is 360 g/mol. The predicted octanol–water partition coefficient (Wildman–Crippen LogP) is 1.28. The minimum Gasteiger partial charge on any atom is -0.612 e. The SMILES string of the molecule is C[S+]([O-])c1cccn2c(C(C)(C)NC(=O)[C@H]3[C@@H]4CNC[C@H]3C4)ncc12. The second-order valence-corrected chi connectivity index (χ2v) is 9.07. The molecule has 2 aromatic rings. The zero-order chi connectivity index (χ0) is 17.8. The Morgan fingerprint density at radius 1 is 1.44 bits per heavy atom. The quantitative estimate of drug-likeness (QED) is 0.805. The van der Waals surface area contributed by atoms with Gasteiger partial charge in [0.1, 0.15) is 17.6 Å². The lowest BCUT2D eigenvalue weighted by molar-refractivity contribution is -0.138. The van der Waals surface area contributed by atoms with Crippen LogP contribution in [-0.2, 0) is 21.5 Å². The summed E-state index contributed by atoms with van der Waals surface area (Å²) in [5, 5.41) is 6.58. The second-order valence-electron chi connectivity index (χ2n) is 7.72. The lowest BCUT2D eigenvalue weighted by Crippen LogP contribution is -2.60. The molecule has 25 heavy (non-hydrogen) atoms. The van der Waals surface area contributed by atoms with Crippen LogP contribution in [0.25, 0.3) is 5.52 Å². The van der Waals surface area contributed by atoms with Gasteiger partial charge in [-0.3, -0.25) is 9.20 Å². The van der Waals surface area contributed by atoms with Crippen LogP contribution in [0.3, 0.4) is 0 Å². The highest BCUT2D eigenvalue weighted by molar-refractivity contribution is 7.90. The number of rotatable bonds is 4. The van der Waals surface area contributed by atoms with Crippen LogP contribution in [0, 0.1) is 17.8 Å². The number of hydrogen-bond donors (Lipinski definition) is 2. The molecule has 0 aromatic carbocycles. The standard InChI is InChI=1S/C18H24N4O2S/c1-18(2,21-16(23)15-11-7-12(15)9-19-8-11)17-20-10-13-14(25(3)24)5-4-6-22(13)17/h4-6,10-12,15,19H,7-9H2,1-3H3,(H,21,23)/t11-,12+,15-,25?. The molecule has 0 spiro atoms. The summed E-state index contributed by atoms with van der Waals surface area (Å²) < 4.78 is 13.9. The molecule has 1 aliphatic carbocycles. The maximum atomic E-state index is 12.8. The Labute approximate surface area is 150 Å². The Morgan fingerprint density at radius 3 is 2.80 bits per heavy atom. The highest BCUT2D eigenvalue weighted by Gasteiger charge is 2.48. The average Bonchev–Trinajstić information content (AvgIpc) is 2.99. The summed E-state index contributed by atoms with van der Waals surface area (Å²) in [4.78, 5) is 18.1. The molecule has 7 heteroatoms. The van der Waals surface area contributed by atoms with Crippen LogP contribution in [0.15, 0.2) is 29.4 Å². The van der Waals surface area contributed by atoms with Gasteiger partial charge in [0.05, 0.1) is 11.7 Å². The van der Waals surface area contributed by atoms with Gasteiger partial charge in [-0.2, -0.15) is 0 Å². The van der Waals surface area contributed by atoms with Gasteiger partial charge in [-0.15, -0.1) is 0 Å². The van der Waals surface area contributed by atoms with Crippen molar-refractivity contribution >= 4 is 22.6 Å². The van der Waals surface area contributed by atoms with Crippen molar-refractivity contribution in [1.82, 2.24) is 20.0 Å². The molecule has 6 nitrogen and oxygen atoms in total. The monoisotopic (exact) mass is 360 g/mol. The molecule has 4 atom stereocenters. The first-order valence-electron chi connectivity index (χ1n) is 8.71. The summed E-state index contributed by atoms with van der Waals surface area (Å²) in [6.45, 7) is 5.82. The van der Waals surface area contributed by atoms with E-state index in [0.29, 0.717) is 11.8 Å². The molecule has 1 unspecified atom stereocenters. The number of carbonyl (C=O) groups excluding carboxylic acids is 1. The van der Waals surface area contributed by atoms with E-state index in [1.165, 1.54) is 0 Å². The lowest BCUT2D eigenvalue weighted by Gasteiger charge is -2.49. The fraction of sp³-hybridized carbons (Fsp3) is 0.556. The Balaban J connectivity index is 1.61. The van der Waals surface area contributed by atoms with E-state index in [4.69, 9.17) is 0 Å².